The number of amides is 1. The lowest BCUT2D eigenvalue weighted by Crippen LogP contribution is -2.41. The Hall–Kier alpha value is -1.15. The fraction of sp³-hybridized carbons (Fsp3) is 0.500. The summed E-state index contributed by atoms with van der Waals surface area (Å²) >= 11 is 2.96. The molecule has 22 heavy (non-hydrogen) atoms. The second kappa shape index (κ2) is 6.54. The number of piperidine rings is 1. The van der Waals surface area contributed by atoms with Gasteiger partial charge in [0.1, 0.15) is 5.82 Å². The first kappa shape index (κ1) is 17.2. The van der Waals surface area contributed by atoms with Crippen molar-refractivity contribution in [3.05, 3.63) is 33.5 Å². The fourth-order valence-electron chi connectivity index (χ4n) is 2.42. The Bertz CT molecular complexity index is 569. The van der Waals surface area contributed by atoms with Crippen LogP contribution in [0.5, 0.6) is 0 Å². The Morgan fingerprint density at radius 3 is 2.41 bits per heavy atom. The van der Waals surface area contributed by atoms with Gasteiger partial charge in [0.25, 0.3) is 5.91 Å². The van der Waals surface area contributed by atoms with E-state index in [0.29, 0.717) is 32.0 Å². The third-order valence-electron chi connectivity index (χ3n) is 3.67. The van der Waals surface area contributed by atoms with Crippen molar-refractivity contribution in [1.82, 2.24) is 4.90 Å². The van der Waals surface area contributed by atoms with Gasteiger partial charge in [0.2, 0.25) is 0 Å². The average Bonchev–Trinajstić information content (AvgIpc) is 2.45. The van der Waals surface area contributed by atoms with E-state index in [1.807, 2.05) is 0 Å². The lowest BCUT2D eigenvalue weighted by Gasteiger charge is -2.31. The molecule has 0 radical (unpaired) electrons. The summed E-state index contributed by atoms with van der Waals surface area (Å²) in [6.07, 6.45) is -3.69. The quantitative estimate of drug-likeness (QED) is 0.725. The fourth-order valence-corrected chi connectivity index (χ4v) is 2.90. The molecule has 1 amide bonds. The molecule has 8 heteroatoms. The number of methoxy groups -OCH3 is 1. The van der Waals surface area contributed by atoms with Crippen LogP contribution < -0.4 is 0 Å². The standard InChI is InChI=1S/C14H14BrF4NO2/c1-22-8-4-6-20(7-5-8)13(21)11-10(15)3-2-9(12(11)16)14(17,18)19/h2-3,8H,4-7H2,1H3. The molecule has 0 atom stereocenters. The molecule has 1 saturated heterocycles. The van der Waals surface area contributed by atoms with Gasteiger partial charge in [-0.3, -0.25) is 4.79 Å². The van der Waals surface area contributed by atoms with E-state index >= 15 is 0 Å². The summed E-state index contributed by atoms with van der Waals surface area (Å²) in [4.78, 5) is 13.7. The van der Waals surface area contributed by atoms with Gasteiger partial charge < -0.3 is 9.64 Å². The van der Waals surface area contributed by atoms with Crippen molar-refractivity contribution in [2.75, 3.05) is 20.2 Å². The molecule has 1 aliphatic heterocycles. The highest BCUT2D eigenvalue weighted by Crippen LogP contribution is 2.35. The Kier molecular flexibility index (Phi) is 5.11. The predicted molar refractivity (Wildman–Crippen MR) is 75.0 cm³/mol. The first-order valence-corrected chi connectivity index (χ1v) is 7.42. The van der Waals surface area contributed by atoms with Crippen molar-refractivity contribution >= 4 is 21.8 Å². The Morgan fingerprint density at radius 1 is 1.32 bits per heavy atom. The minimum atomic E-state index is -4.84. The summed E-state index contributed by atoms with van der Waals surface area (Å²) in [5, 5.41) is 0. The number of carbonyl (C=O) groups excluding carboxylic acids is 1. The monoisotopic (exact) mass is 383 g/mol. The first-order chi connectivity index (χ1) is 10.3. The van der Waals surface area contributed by atoms with Gasteiger partial charge in [-0.2, -0.15) is 13.2 Å². The molecule has 1 fully saturated rings. The number of likely N-dealkylation sites (tertiary alicyclic amines) is 1. The summed E-state index contributed by atoms with van der Waals surface area (Å²) in [6.45, 7) is 0.638. The molecule has 122 valence electrons. The summed E-state index contributed by atoms with van der Waals surface area (Å²) in [7, 11) is 1.56. The van der Waals surface area contributed by atoms with Crippen LogP contribution in [0.2, 0.25) is 0 Å². The van der Waals surface area contributed by atoms with E-state index in [1.165, 1.54) is 4.90 Å². The van der Waals surface area contributed by atoms with Crippen molar-refractivity contribution in [1.29, 1.82) is 0 Å². The van der Waals surface area contributed by atoms with Crippen LogP contribution in [0.3, 0.4) is 0 Å². The number of carbonyl (C=O) groups is 1. The molecular weight excluding hydrogens is 370 g/mol. The number of rotatable bonds is 2. The highest BCUT2D eigenvalue weighted by atomic mass is 79.9. The summed E-state index contributed by atoms with van der Waals surface area (Å²) in [5.41, 5.74) is -2.02. The molecule has 3 nitrogen and oxygen atoms in total. The maximum absolute atomic E-state index is 14.2. The van der Waals surface area contributed by atoms with Crippen molar-refractivity contribution < 1.29 is 27.1 Å². The Labute approximate surface area is 133 Å². The number of benzene rings is 1. The van der Waals surface area contributed by atoms with Crippen LogP contribution in [0.25, 0.3) is 0 Å². The zero-order valence-electron chi connectivity index (χ0n) is 11.7. The highest BCUT2D eigenvalue weighted by molar-refractivity contribution is 9.10. The maximum Gasteiger partial charge on any atom is 0.419 e. The molecule has 1 aromatic rings. The SMILES string of the molecule is COC1CCN(C(=O)c2c(Br)ccc(C(F)(F)F)c2F)CC1. The van der Waals surface area contributed by atoms with E-state index in [1.54, 1.807) is 7.11 Å². The number of halogens is 5. The molecule has 0 aliphatic carbocycles. The molecule has 1 aliphatic rings. The first-order valence-electron chi connectivity index (χ1n) is 6.63. The Balaban J connectivity index is 2.30. The summed E-state index contributed by atoms with van der Waals surface area (Å²) < 4.78 is 57.6. The van der Waals surface area contributed by atoms with Crippen LogP contribution in [0, 0.1) is 5.82 Å². The average molecular weight is 384 g/mol. The molecule has 0 unspecified atom stereocenters. The topological polar surface area (TPSA) is 29.5 Å². The van der Waals surface area contributed by atoms with Gasteiger partial charge in [0, 0.05) is 24.7 Å². The van der Waals surface area contributed by atoms with Crippen LogP contribution in [0.1, 0.15) is 28.8 Å². The van der Waals surface area contributed by atoms with Crippen molar-refractivity contribution in [3.8, 4) is 0 Å². The maximum atomic E-state index is 14.2. The lowest BCUT2D eigenvalue weighted by atomic mass is 10.0. The minimum Gasteiger partial charge on any atom is -0.381 e. The molecule has 2 rings (SSSR count). The number of hydrogen-bond donors (Lipinski definition) is 0. The Morgan fingerprint density at radius 2 is 1.91 bits per heavy atom. The predicted octanol–water partition coefficient (Wildman–Crippen LogP) is 3.86. The van der Waals surface area contributed by atoms with Gasteiger partial charge in [-0.1, -0.05) is 0 Å². The third kappa shape index (κ3) is 3.43. The van der Waals surface area contributed by atoms with E-state index < -0.39 is 29.0 Å². The van der Waals surface area contributed by atoms with Gasteiger partial charge in [0.05, 0.1) is 17.2 Å². The molecule has 0 N–H and O–H groups in total. The van der Waals surface area contributed by atoms with Crippen molar-refractivity contribution in [2.24, 2.45) is 0 Å². The zero-order valence-corrected chi connectivity index (χ0v) is 13.3. The molecule has 0 aromatic heterocycles. The second-order valence-corrected chi connectivity index (χ2v) is 5.86. The van der Waals surface area contributed by atoms with E-state index in [9.17, 15) is 22.4 Å². The smallest absolute Gasteiger partial charge is 0.381 e. The zero-order chi connectivity index (χ0) is 16.5. The van der Waals surface area contributed by atoms with Gasteiger partial charge >= 0.3 is 6.18 Å². The molecule has 1 aromatic carbocycles. The summed E-state index contributed by atoms with van der Waals surface area (Å²) in [6, 6.07) is 1.66. The van der Waals surface area contributed by atoms with Crippen LogP contribution >= 0.6 is 15.9 Å². The largest absolute Gasteiger partial charge is 0.419 e. The van der Waals surface area contributed by atoms with Gasteiger partial charge in [-0.25, -0.2) is 4.39 Å². The molecule has 0 bridgehead atoms. The van der Waals surface area contributed by atoms with Crippen LogP contribution in [-0.4, -0.2) is 37.1 Å². The molecule has 1 heterocycles. The van der Waals surface area contributed by atoms with Crippen LogP contribution in [-0.2, 0) is 10.9 Å². The number of ether oxygens (including phenoxy) is 1. The van der Waals surface area contributed by atoms with E-state index in [0.717, 1.165) is 6.07 Å². The molecular formula is C14H14BrF4NO2. The van der Waals surface area contributed by atoms with Gasteiger partial charge in [-0.05, 0) is 40.9 Å². The van der Waals surface area contributed by atoms with Gasteiger partial charge in [0.15, 0.2) is 0 Å². The number of nitrogens with zero attached hydrogens (tertiary/aromatic N) is 1. The van der Waals surface area contributed by atoms with E-state index in [2.05, 4.69) is 15.9 Å². The minimum absolute atomic E-state index is 0.0110. The van der Waals surface area contributed by atoms with Crippen LogP contribution in [0.15, 0.2) is 16.6 Å². The molecule has 0 spiro atoms. The highest BCUT2D eigenvalue weighted by Gasteiger charge is 2.37. The van der Waals surface area contributed by atoms with E-state index in [-0.39, 0.29) is 10.6 Å². The van der Waals surface area contributed by atoms with E-state index in [4.69, 9.17) is 4.74 Å². The van der Waals surface area contributed by atoms with Crippen molar-refractivity contribution in [3.63, 3.8) is 0 Å². The third-order valence-corrected chi connectivity index (χ3v) is 4.33. The lowest BCUT2D eigenvalue weighted by molar-refractivity contribution is -0.140. The van der Waals surface area contributed by atoms with Crippen molar-refractivity contribution in [2.45, 2.75) is 25.1 Å². The second-order valence-electron chi connectivity index (χ2n) is 5.01. The van der Waals surface area contributed by atoms with Crippen LogP contribution in [0.4, 0.5) is 17.6 Å². The normalized spacial score (nSPS) is 16.9. The number of hydrogen-bond acceptors (Lipinski definition) is 2. The van der Waals surface area contributed by atoms with Gasteiger partial charge in [-0.15, -0.1) is 0 Å². The molecule has 0 saturated carbocycles. The number of alkyl halides is 3. The summed E-state index contributed by atoms with van der Waals surface area (Å²) in [5.74, 6) is -2.29.